The second-order valence-corrected chi connectivity index (χ2v) is 6.65. The molecule has 8 nitrogen and oxygen atoms in total. The van der Waals surface area contributed by atoms with Crippen molar-refractivity contribution < 1.29 is 9.53 Å². The van der Waals surface area contributed by atoms with Crippen molar-refractivity contribution in [2.45, 2.75) is 25.4 Å². The van der Waals surface area contributed by atoms with E-state index in [1.807, 2.05) is 24.4 Å². The first-order valence-electron chi connectivity index (χ1n) is 7.95. The molecular formula is C15H27IN6O2S. The number of amides is 1. The molecule has 0 radical (unpaired) electrons. The third-order valence-corrected chi connectivity index (χ3v) is 4.91. The fourth-order valence-corrected chi connectivity index (χ4v) is 3.24. The van der Waals surface area contributed by atoms with E-state index in [9.17, 15) is 4.79 Å². The zero-order chi connectivity index (χ0) is 17.5. The van der Waals surface area contributed by atoms with Gasteiger partial charge < -0.3 is 25.2 Å². The molecule has 0 aliphatic carbocycles. The molecule has 2 N–H and O–H groups in total. The lowest BCUT2D eigenvalue weighted by Gasteiger charge is -2.32. The van der Waals surface area contributed by atoms with Crippen LogP contribution < -0.4 is 15.5 Å². The Kier molecular flexibility index (Phi) is 9.25. The number of carbonyl (C=O) groups excluding carboxylic acids is 1. The van der Waals surface area contributed by atoms with Crippen LogP contribution in [0.5, 0.6) is 0 Å². The number of thiazole rings is 1. The lowest BCUT2D eigenvalue weighted by Crippen LogP contribution is -2.49. The van der Waals surface area contributed by atoms with Gasteiger partial charge in [-0.1, -0.05) is 0 Å². The Hall–Kier alpha value is -1.30. The number of aliphatic imine (C=N–C) groups is 1. The van der Waals surface area contributed by atoms with Gasteiger partial charge in [-0.25, -0.2) is 9.78 Å². The van der Waals surface area contributed by atoms with E-state index in [-0.39, 0.29) is 30.1 Å². The smallest absolute Gasteiger partial charge is 0.409 e. The standard InChI is InChI=1S/C15H26N6O2S.HI/c1-16-13(17-9-12-10-24-14(19-12)20(2)3)18-11-5-7-21(8-6-11)15(22)23-4;/h10-11H,5-9H2,1-4H3,(H2,16,17,18);1H. The van der Waals surface area contributed by atoms with Gasteiger partial charge in [-0.3, -0.25) is 4.99 Å². The number of rotatable bonds is 4. The van der Waals surface area contributed by atoms with E-state index in [1.165, 1.54) is 7.11 Å². The number of piperidine rings is 1. The van der Waals surface area contributed by atoms with Gasteiger partial charge >= 0.3 is 6.09 Å². The van der Waals surface area contributed by atoms with Gasteiger partial charge in [-0.05, 0) is 12.8 Å². The summed E-state index contributed by atoms with van der Waals surface area (Å²) in [6, 6.07) is 0.296. The number of nitrogens with zero attached hydrogens (tertiary/aromatic N) is 4. The van der Waals surface area contributed by atoms with Gasteiger partial charge in [0.2, 0.25) is 0 Å². The minimum absolute atomic E-state index is 0. The van der Waals surface area contributed by atoms with Crippen LogP contribution in [0.25, 0.3) is 0 Å². The van der Waals surface area contributed by atoms with Crippen molar-refractivity contribution in [1.29, 1.82) is 0 Å². The Morgan fingerprint density at radius 2 is 2.16 bits per heavy atom. The minimum atomic E-state index is -0.254. The van der Waals surface area contributed by atoms with Gasteiger partial charge in [-0.2, -0.15) is 0 Å². The summed E-state index contributed by atoms with van der Waals surface area (Å²) in [7, 11) is 7.14. The predicted octanol–water partition coefficient (Wildman–Crippen LogP) is 1.72. The summed E-state index contributed by atoms with van der Waals surface area (Å²) >= 11 is 1.62. The number of hydrogen-bond acceptors (Lipinski definition) is 6. The molecule has 1 aliphatic rings. The van der Waals surface area contributed by atoms with Gasteiger partial charge in [0.05, 0.1) is 19.3 Å². The first-order valence-corrected chi connectivity index (χ1v) is 8.83. The maximum Gasteiger partial charge on any atom is 0.409 e. The van der Waals surface area contributed by atoms with E-state index in [4.69, 9.17) is 4.74 Å². The molecule has 0 aromatic carbocycles. The molecule has 0 atom stereocenters. The van der Waals surface area contributed by atoms with Gasteiger partial charge in [0.15, 0.2) is 11.1 Å². The molecule has 142 valence electrons. The predicted molar refractivity (Wildman–Crippen MR) is 112 cm³/mol. The van der Waals surface area contributed by atoms with E-state index >= 15 is 0 Å². The normalized spacial score (nSPS) is 15.4. The first kappa shape index (κ1) is 21.7. The number of halogens is 1. The van der Waals surface area contributed by atoms with E-state index in [0.717, 1.165) is 29.6 Å². The van der Waals surface area contributed by atoms with Crippen LogP contribution in [0.3, 0.4) is 0 Å². The summed E-state index contributed by atoms with van der Waals surface area (Å²) in [5, 5.41) is 9.73. The largest absolute Gasteiger partial charge is 0.453 e. The fourth-order valence-electron chi connectivity index (χ4n) is 2.48. The molecule has 1 aromatic rings. The topological polar surface area (TPSA) is 82.1 Å². The van der Waals surface area contributed by atoms with Crippen LogP contribution in [-0.4, -0.2) is 69.3 Å². The van der Waals surface area contributed by atoms with Crippen molar-refractivity contribution in [3.05, 3.63) is 11.1 Å². The van der Waals surface area contributed by atoms with Crippen molar-refractivity contribution in [1.82, 2.24) is 20.5 Å². The van der Waals surface area contributed by atoms with Crippen LogP contribution >= 0.6 is 35.3 Å². The molecule has 1 saturated heterocycles. The highest BCUT2D eigenvalue weighted by molar-refractivity contribution is 14.0. The van der Waals surface area contributed by atoms with Crippen molar-refractivity contribution in [2.75, 3.05) is 46.2 Å². The average molecular weight is 482 g/mol. The highest BCUT2D eigenvalue weighted by Crippen LogP contribution is 2.17. The molecular weight excluding hydrogens is 455 g/mol. The first-order chi connectivity index (χ1) is 11.5. The van der Waals surface area contributed by atoms with E-state index in [2.05, 4.69) is 20.6 Å². The molecule has 2 rings (SSSR count). The van der Waals surface area contributed by atoms with Crippen LogP contribution in [0.2, 0.25) is 0 Å². The molecule has 1 aromatic heterocycles. The molecule has 0 spiro atoms. The van der Waals surface area contributed by atoms with E-state index in [0.29, 0.717) is 25.7 Å². The number of hydrogen-bond donors (Lipinski definition) is 2. The van der Waals surface area contributed by atoms with Gasteiger partial charge in [0.25, 0.3) is 0 Å². The molecule has 2 heterocycles. The average Bonchev–Trinajstić information content (AvgIpc) is 3.07. The molecule has 1 amide bonds. The van der Waals surface area contributed by atoms with Crippen molar-refractivity contribution in [2.24, 2.45) is 4.99 Å². The molecule has 10 heteroatoms. The summed E-state index contributed by atoms with van der Waals surface area (Å²) in [4.78, 5) is 24.0. The lowest BCUT2D eigenvalue weighted by molar-refractivity contribution is 0.111. The highest BCUT2D eigenvalue weighted by Gasteiger charge is 2.23. The minimum Gasteiger partial charge on any atom is -0.453 e. The number of likely N-dealkylation sites (tertiary alicyclic amines) is 1. The number of guanidine groups is 1. The molecule has 1 aliphatic heterocycles. The Balaban J connectivity index is 0.00000312. The molecule has 1 fully saturated rings. The number of nitrogens with one attached hydrogen (secondary N) is 2. The Labute approximate surface area is 170 Å². The fraction of sp³-hybridized carbons (Fsp3) is 0.667. The van der Waals surface area contributed by atoms with Crippen LogP contribution in [0.1, 0.15) is 18.5 Å². The Morgan fingerprint density at radius 1 is 1.48 bits per heavy atom. The molecule has 0 bridgehead atoms. The van der Waals surface area contributed by atoms with Gasteiger partial charge in [0.1, 0.15) is 0 Å². The SMILES string of the molecule is CN=C(NCc1csc(N(C)C)n1)NC1CCN(C(=O)OC)CC1.I. The third-order valence-electron chi connectivity index (χ3n) is 3.85. The molecule has 0 unspecified atom stereocenters. The third kappa shape index (κ3) is 6.49. The number of carbonyl (C=O) groups is 1. The summed E-state index contributed by atoms with van der Waals surface area (Å²) < 4.78 is 4.75. The van der Waals surface area contributed by atoms with Crippen molar-refractivity contribution in [3.63, 3.8) is 0 Å². The number of methoxy groups -OCH3 is 1. The van der Waals surface area contributed by atoms with Crippen LogP contribution in [-0.2, 0) is 11.3 Å². The maximum absolute atomic E-state index is 11.5. The van der Waals surface area contributed by atoms with Crippen molar-refractivity contribution >= 4 is 52.5 Å². The summed E-state index contributed by atoms with van der Waals surface area (Å²) in [6.07, 6.45) is 1.49. The summed E-state index contributed by atoms with van der Waals surface area (Å²) in [5.41, 5.74) is 0.993. The quantitative estimate of drug-likeness (QED) is 0.387. The Bertz CT molecular complexity index is 572. The number of ether oxygens (including phenoxy) is 1. The summed E-state index contributed by atoms with van der Waals surface area (Å²) in [6.45, 7) is 2.02. The highest BCUT2D eigenvalue weighted by atomic mass is 127. The van der Waals surface area contributed by atoms with E-state index in [1.54, 1.807) is 23.3 Å². The number of anilines is 1. The molecule has 25 heavy (non-hydrogen) atoms. The Morgan fingerprint density at radius 3 is 2.68 bits per heavy atom. The zero-order valence-electron chi connectivity index (χ0n) is 15.1. The van der Waals surface area contributed by atoms with Crippen LogP contribution in [0.15, 0.2) is 10.4 Å². The van der Waals surface area contributed by atoms with Gasteiger partial charge in [0, 0.05) is 45.7 Å². The molecule has 0 saturated carbocycles. The maximum atomic E-state index is 11.5. The van der Waals surface area contributed by atoms with Crippen LogP contribution in [0, 0.1) is 0 Å². The second kappa shape index (κ2) is 10.6. The monoisotopic (exact) mass is 482 g/mol. The van der Waals surface area contributed by atoms with E-state index < -0.39 is 0 Å². The van der Waals surface area contributed by atoms with Crippen LogP contribution in [0.4, 0.5) is 9.93 Å². The van der Waals surface area contributed by atoms with Crippen molar-refractivity contribution in [3.8, 4) is 0 Å². The number of aromatic nitrogens is 1. The summed E-state index contributed by atoms with van der Waals surface area (Å²) in [5.74, 6) is 0.755. The lowest BCUT2D eigenvalue weighted by atomic mass is 10.1. The second-order valence-electron chi connectivity index (χ2n) is 5.82. The zero-order valence-corrected chi connectivity index (χ0v) is 18.3. The van der Waals surface area contributed by atoms with Gasteiger partial charge in [-0.15, -0.1) is 35.3 Å².